The number of guanidine groups is 1. The molecule has 1 N–H and O–H groups in total. The van der Waals surface area contributed by atoms with E-state index in [0.717, 1.165) is 29.6 Å². The summed E-state index contributed by atoms with van der Waals surface area (Å²) in [6.07, 6.45) is 0. The highest BCUT2D eigenvalue weighted by atomic mass is 127. The Kier molecular flexibility index (Phi) is 11.4. The second-order valence-corrected chi connectivity index (χ2v) is 6.93. The molecule has 1 heterocycles. The molecule has 0 unspecified atom stereocenters. The quantitative estimate of drug-likeness (QED) is 0.303. The van der Waals surface area contributed by atoms with Crippen molar-refractivity contribution in [2.75, 3.05) is 41.0 Å². The maximum atomic E-state index is 5.89. The van der Waals surface area contributed by atoms with E-state index < -0.39 is 0 Å². The van der Waals surface area contributed by atoms with E-state index in [1.807, 2.05) is 47.8 Å². The molecule has 0 radical (unpaired) electrons. The van der Waals surface area contributed by atoms with Crippen LogP contribution in [0.2, 0.25) is 5.02 Å². The molecule has 1 aromatic heterocycles. The van der Waals surface area contributed by atoms with E-state index in [9.17, 15) is 0 Å². The molecule has 0 saturated carbocycles. The number of nitrogens with one attached hydrogen (secondary N) is 1. The number of methoxy groups -OCH3 is 1. The Balaban J connectivity index is 0.00000420. The molecule has 0 amide bonds. The van der Waals surface area contributed by atoms with Crippen LogP contribution >= 0.6 is 35.6 Å². The minimum absolute atomic E-state index is 0. The Hall–Kier alpha value is -1.52. The molecule has 9 heteroatoms. The number of hydrogen-bond donors (Lipinski definition) is 1. The smallest absolute Gasteiger partial charge is 0.193 e. The third-order valence-electron chi connectivity index (χ3n) is 4.54. The van der Waals surface area contributed by atoms with Gasteiger partial charge in [0.2, 0.25) is 0 Å². The molecule has 0 aliphatic heterocycles. The predicted molar refractivity (Wildman–Crippen MR) is 129 cm³/mol. The molecule has 29 heavy (non-hydrogen) atoms. The molecule has 0 aliphatic carbocycles. The van der Waals surface area contributed by atoms with Gasteiger partial charge < -0.3 is 19.7 Å². The lowest BCUT2D eigenvalue weighted by Crippen LogP contribution is -2.40. The van der Waals surface area contributed by atoms with Crippen molar-refractivity contribution >= 4 is 41.5 Å². The van der Waals surface area contributed by atoms with Crippen molar-refractivity contribution in [3.63, 3.8) is 0 Å². The lowest BCUT2D eigenvalue weighted by Gasteiger charge is -2.22. The Bertz CT molecular complexity index is 780. The molecule has 0 atom stereocenters. The van der Waals surface area contributed by atoms with Gasteiger partial charge in [-0.15, -0.1) is 24.0 Å². The average molecular weight is 536 g/mol. The topological polar surface area (TPSA) is 63.9 Å². The van der Waals surface area contributed by atoms with Gasteiger partial charge in [-0.05, 0) is 38.1 Å². The average Bonchev–Trinajstić information content (AvgIpc) is 2.95. The first-order chi connectivity index (χ1) is 13.5. The predicted octanol–water partition coefficient (Wildman–Crippen LogP) is 3.50. The molecule has 0 spiro atoms. The zero-order valence-electron chi connectivity index (χ0n) is 17.7. The molecule has 1 aromatic carbocycles. The minimum Gasteiger partial charge on any atom is -0.492 e. The molecular formula is C20H31ClIN5O2. The standard InChI is InChI=1S/C20H30ClN5O2.HI/c1-15-19(16(2)26(24-15)11-12-27-5)14-23-20(22-3)25(4)10-13-28-18-8-6-17(21)7-9-18;/h6-9H,10-14H2,1-5H3,(H,22,23);1H. The van der Waals surface area contributed by atoms with E-state index in [1.54, 1.807) is 14.2 Å². The highest BCUT2D eigenvalue weighted by molar-refractivity contribution is 14.0. The first-order valence-corrected chi connectivity index (χ1v) is 9.66. The van der Waals surface area contributed by atoms with Gasteiger partial charge >= 0.3 is 0 Å². The monoisotopic (exact) mass is 535 g/mol. The van der Waals surface area contributed by atoms with Crippen LogP contribution in [0.25, 0.3) is 0 Å². The number of ether oxygens (including phenoxy) is 2. The summed E-state index contributed by atoms with van der Waals surface area (Å²) < 4.78 is 12.9. The summed E-state index contributed by atoms with van der Waals surface area (Å²) in [5.41, 5.74) is 3.35. The van der Waals surface area contributed by atoms with Gasteiger partial charge in [-0.3, -0.25) is 9.67 Å². The zero-order valence-corrected chi connectivity index (χ0v) is 20.8. The van der Waals surface area contributed by atoms with Crippen molar-refractivity contribution in [2.24, 2.45) is 4.99 Å². The number of hydrogen-bond acceptors (Lipinski definition) is 4. The SMILES string of the molecule is CN=C(NCc1c(C)nn(CCOC)c1C)N(C)CCOc1ccc(Cl)cc1.I. The molecule has 2 aromatic rings. The number of aryl methyl sites for hydroxylation is 1. The molecule has 0 bridgehead atoms. The van der Waals surface area contributed by atoms with Gasteiger partial charge in [0.05, 0.1) is 25.4 Å². The largest absolute Gasteiger partial charge is 0.492 e. The van der Waals surface area contributed by atoms with Crippen LogP contribution in [-0.2, 0) is 17.8 Å². The molecule has 0 fully saturated rings. The van der Waals surface area contributed by atoms with Crippen LogP contribution in [-0.4, -0.2) is 61.6 Å². The van der Waals surface area contributed by atoms with E-state index in [4.69, 9.17) is 21.1 Å². The lowest BCUT2D eigenvalue weighted by molar-refractivity contribution is 0.182. The van der Waals surface area contributed by atoms with Gasteiger partial charge in [0.25, 0.3) is 0 Å². The number of rotatable bonds is 9. The molecular weight excluding hydrogens is 505 g/mol. The molecule has 0 aliphatic rings. The van der Waals surface area contributed by atoms with Crippen LogP contribution in [0.5, 0.6) is 5.75 Å². The zero-order chi connectivity index (χ0) is 20.5. The van der Waals surface area contributed by atoms with Crippen molar-refractivity contribution in [3.8, 4) is 5.75 Å². The second-order valence-electron chi connectivity index (χ2n) is 6.49. The maximum Gasteiger partial charge on any atom is 0.193 e. The van der Waals surface area contributed by atoms with Crippen LogP contribution in [0.15, 0.2) is 29.3 Å². The summed E-state index contributed by atoms with van der Waals surface area (Å²) in [7, 11) is 5.47. The first-order valence-electron chi connectivity index (χ1n) is 9.28. The van der Waals surface area contributed by atoms with E-state index in [1.165, 1.54) is 5.56 Å². The Labute approximate surface area is 195 Å². The van der Waals surface area contributed by atoms with Gasteiger partial charge in [0.15, 0.2) is 5.96 Å². The minimum atomic E-state index is 0. The first kappa shape index (κ1) is 25.5. The van der Waals surface area contributed by atoms with Crippen molar-refractivity contribution < 1.29 is 9.47 Å². The fraction of sp³-hybridized carbons (Fsp3) is 0.500. The van der Waals surface area contributed by atoms with Crippen LogP contribution in [0.3, 0.4) is 0 Å². The Morgan fingerprint density at radius 1 is 1.24 bits per heavy atom. The summed E-state index contributed by atoms with van der Waals surface area (Å²) in [6, 6.07) is 7.36. The Morgan fingerprint density at radius 2 is 1.93 bits per heavy atom. The maximum absolute atomic E-state index is 5.89. The molecule has 0 saturated heterocycles. The fourth-order valence-corrected chi connectivity index (χ4v) is 3.00. The number of nitrogens with zero attached hydrogens (tertiary/aromatic N) is 4. The second kappa shape index (κ2) is 12.9. The third-order valence-corrected chi connectivity index (χ3v) is 4.80. The van der Waals surface area contributed by atoms with E-state index >= 15 is 0 Å². The Morgan fingerprint density at radius 3 is 2.55 bits per heavy atom. The molecule has 7 nitrogen and oxygen atoms in total. The summed E-state index contributed by atoms with van der Waals surface area (Å²) in [4.78, 5) is 6.40. The third kappa shape index (κ3) is 7.67. The van der Waals surface area contributed by atoms with Gasteiger partial charge in [-0.1, -0.05) is 11.6 Å². The number of likely N-dealkylation sites (N-methyl/N-ethyl adjacent to an activating group) is 1. The van der Waals surface area contributed by atoms with Crippen LogP contribution in [0.1, 0.15) is 17.0 Å². The highest BCUT2D eigenvalue weighted by Crippen LogP contribution is 2.15. The number of halogens is 2. The van der Waals surface area contributed by atoms with Crippen molar-refractivity contribution in [1.82, 2.24) is 20.0 Å². The van der Waals surface area contributed by atoms with E-state index in [0.29, 0.717) is 31.3 Å². The van der Waals surface area contributed by atoms with Crippen molar-refractivity contribution in [1.29, 1.82) is 0 Å². The van der Waals surface area contributed by atoms with Crippen LogP contribution < -0.4 is 10.1 Å². The van der Waals surface area contributed by atoms with Gasteiger partial charge in [-0.2, -0.15) is 5.10 Å². The highest BCUT2D eigenvalue weighted by Gasteiger charge is 2.13. The normalized spacial score (nSPS) is 11.2. The fourth-order valence-electron chi connectivity index (χ4n) is 2.87. The van der Waals surface area contributed by atoms with E-state index in [-0.39, 0.29) is 24.0 Å². The summed E-state index contributed by atoms with van der Waals surface area (Å²) in [5, 5.41) is 8.71. The molecule has 162 valence electrons. The summed E-state index contributed by atoms with van der Waals surface area (Å²) in [6.45, 7) is 7.42. The van der Waals surface area contributed by atoms with Gasteiger partial charge in [-0.25, -0.2) is 0 Å². The lowest BCUT2D eigenvalue weighted by atomic mass is 10.2. The number of benzene rings is 1. The van der Waals surface area contributed by atoms with Crippen LogP contribution in [0, 0.1) is 13.8 Å². The van der Waals surface area contributed by atoms with Crippen molar-refractivity contribution in [2.45, 2.75) is 26.9 Å². The number of aromatic nitrogens is 2. The van der Waals surface area contributed by atoms with E-state index in [2.05, 4.69) is 22.3 Å². The number of aliphatic imine (C=N–C) groups is 1. The van der Waals surface area contributed by atoms with Gasteiger partial charge in [0, 0.05) is 44.0 Å². The molecule has 2 rings (SSSR count). The van der Waals surface area contributed by atoms with Crippen molar-refractivity contribution in [3.05, 3.63) is 46.2 Å². The van der Waals surface area contributed by atoms with Gasteiger partial charge in [0.1, 0.15) is 12.4 Å². The summed E-state index contributed by atoms with van der Waals surface area (Å²) >= 11 is 5.89. The van der Waals surface area contributed by atoms with Crippen LogP contribution in [0.4, 0.5) is 0 Å². The summed E-state index contributed by atoms with van der Waals surface area (Å²) in [5.74, 6) is 1.61.